The third kappa shape index (κ3) is 1.04. The lowest BCUT2D eigenvalue weighted by Gasteiger charge is -2.10. The summed E-state index contributed by atoms with van der Waals surface area (Å²) in [7, 11) is 0. The summed E-state index contributed by atoms with van der Waals surface area (Å²) in [5.41, 5.74) is 3.89. The Kier molecular flexibility index (Phi) is 1.87. The molecule has 1 heterocycles. The van der Waals surface area contributed by atoms with Gasteiger partial charge in [0.25, 0.3) is 0 Å². The third-order valence-electron chi connectivity index (χ3n) is 2.48. The van der Waals surface area contributed by atoms with Crippen molar-refractivity contribution in [3.05, 3.63) is 34.9 Å². The number of benzene rings is 1. The second-order valence-electron chi connectivity index (χ2n) is 3.26. The van der Waals surface area contributed by atoms with Gasteiger partial charge >= 0.3 is 0 Å². The van der Waals surface area contributed by atoms with Crippen molar-refractivity contribution in [2.75, 3.05) is 6.61 Å². The van der Waals surface area contributed by atoms with Crippen LogP contribution in [0, 0.1) is 6.92 Å². The van der Waals surface area contributed by atoms with E-state index in [1.807, 2.05) is 0 Å². The van der Waals surface area contributed by atoms with Gasteiger partial charge in [-0.05, 0) is 23.6 Å². The molecule has 64 valence electrons. The van der Waals surface area contributed by atoms with Crippen LogP contribution in [-0.4, -0.2) is 11.7 Å². The lowest BCUT2D eigenvalue weighted by atomic mass is 10.00. The average Bonchev–Trinajstić information content (AvgIpc) is 2.49. The fraction of sp³-hybridized carbons (Fsp3) is 0.400. The molecule has 1 aromatic rings. The number of hydrogen-bond acceptors (Lipinski definition) is 2. The molecule has 0 saturated carbocycles. The van der Waals surface area contributed by atoms with Gasteiger partial charge in [0.2, 0.25) is 0 Å². The van der Waals surface area contributed by atoms with Gasteiger partial charge < -0.3 is 10.4 Å². The van der Waals surface area contributed by atoms with E-state index in [2.05, 4.69) is 30.4 Å². The van der Waals surface area contributed by atoms with Crippen LogP contribution in [0.4, 0.5) is 0 Å². The van der Waals surface area contributed by atoms with Gasteiger partial charge in [0.15, 0.2) is 0 Å². The van der Waals surface area contributed by atoms with Gasteiger partial charge in [-0.1, -0.05) is 18.2 Å². The highest BCUT2D eigenvalue weighted by Gasteiger charge is 2.21. The fourth-order valence-corrected chi connectivity index (χ4v) is 1.89. The van der Waals surface area contributed by atoms with Gasteiger partial charge in [0, 0.05) is 6.54 Å². The Labute approximate surface area is 72.2 Å². The molecular weight excluding hydrogens is 150 g/mol. The monoisotopic (exact) mass is 163 g/mol. The largest absolute Gasteiger partial charge is 0.394 e. The molecule has 1 aromatic carbocycles. The maximum absolute atomic E-state index is 9.07. The molecule has 2 N–H and O–H groups in total. The van der Waals surface area contributed by atoms with Gasteiger partial charge in [0.1, 0.15) is 0 Å². The van der Waals surface area contributed by atoms with Crippen LogP contribution in [0.2, 0.25) is 0 Å². The second kappa shape index (κ2) is 2.88. The predicted molar refractivity (Wildman–Crippen MR) is 47.8 cm³/mol. The highest BCUT2D eigenvalue weighted by Crippen LogP contribution is 2.27. The molecule has 2 rings (SSSR count). The Morgan fingerprint density at radius 3 is 3.17 bits per heavy atom. The van der Waals surface area contributed by atoms with Gasteiger partial charge in [-0.3, -0.25) is 0 Å². The van der Waals surface area contributed by atoms with E-state index in [4.69, 9.17) is 5.11 Å². The Balaban J connectivity index is 2.48. The molecule has 0 fully saturated rings. The third-order valence-corrected chi connectivity index (χ3v) is 2.48. The van der Waals surface area contributed by atoms with Crippen LogP contribution in [-0.2, 0) is 6.54 Å². The van der Waals surface area contributed by atoms with E-state index in [1.54, 1.807) is 0 Å². The summed E-state index contributed by atoms with van der Waals surface area (Å²) in [5.74, 6) is 0. The van der Waals surface area contributed by atoms with Crippen LogP contribution in [0.5, 0.6) is 0 Å². The highest BCUT2D eigenvalue weighted by molar-refractivity contribution is 5.40. The van der Waals surface area contributed by atoms with Gasteiger partial charge in [-0.2, -0.15) is 0 Å². The predicted octanol–water partition coefficient (Wildman–Crippen LogP) is 1.13. The number of rotatable bonds is 1. The summed E-state index contributed by atoms with van der Waals surface area (Å²) in [6, 6.07) is 6.43. The number of aliphatic hydroxyl groups is 1. The van der Waals surface area contributed by atoms with Crippen molar-refractivity contribution >= 4 is 0 Å². The maximum Gasteiger partial charge on any atom is 0.0626 e. The lowest BCUT2D eigenvalue weighted by Crippen LogP contribution is -2.16. The average molecular weight is 163 g/mol. The van der Waals surface area contributed by atoms with E-state index >= 15 is 0 Å². The number of fused-ring (bicyclic) bond motifs is 1. The minimum absolute atomic E-state index is 0.154. The topological polar surface area (TPSA) is 32.3 Å². The SMILES string of the molecule is Cc1cccc2c1[C@@H](CO)NC2. The second-order valence-corrected chi connectivity index (χ2v) is 3.26. The molecule has 0 radical (unpaired) electrons. The van der Waals surface area contributed by atoms with Crippen molar-refractivity contribution in [2.45, 2.75) is 19.5 Å². The molecule has 1 aliphatic heterocycles. The minimum Gasteiger partial charge on any atom is -0.394 e. The Morgan fingerprint density at radius 1 is 1.58 bits per heavy atom. The first-order valence-corrected chi connectivity index (χ1v) is 4.25. The van der Waals surface area contributed by atoms with Gasteiger partial charge in [-0.15, -0.1) is 0 Å². The molecule has 0 aliphatic carbocycles. The molecule has 0 bridgehead atoms. The summed E-state index contributed by atoms with van der Waals surface area (Å²) in [6.45, 7) is 3.18. The van der Waals surface area contributed by atoms with E-state index in [0.29, 0.717) is 0 Å². The minimum atomic E-state index is 0.154. The van der Waals surface area contributed by atoms with Crippen LogP contribution in [0.15, 0.2) is 18.2 Å². The molecule has 0 spiro atoms. The van der Waals surface area contributed by atoms with E-state index in [-0.39, 0.29) is 12.6 Å². The van der Waals surface area contributed by atoms with Crippen LogP contribution in [0.3, 0.4) is 0 Å². The van der Waals surface area contributed by atoms with Crippen molar-refractivity contribution in [2.24, 2.45) is 0 Å². The number of hydrogen-bond donors (Lipinski definition) is 2. The molecule has 2 heteroatoms. The molecule has 0 unspecified atom stereocenters. The van der Waals surface area contributed by atoms with Gasteiger partial charge in [0.05, 0.1) is 12.6 Å². The number of nitrogens with one attached hydrogen (secondary N) is 1. The number of aliphatic hydroxyl groups excluding tert-OH is 1. The first-order valence-electron chi connectivity index (χ1n) is 4.25. The smallest absolute Gasteiger partial charge is 0.0626 e. The van der Waals surface area contributed by atoms with Crippen molar-refractivity contribution in [1.82, 2.24) is 5.32 Å². The summed E-state index contributed by atoms with van der Waals surface area (Å²) >= 11 is 0. The standard InChI is InChI=1S/C10H13NO/c1-7-3-2-4-8-5-11-9(6-12)10(7)8/h2-4,9,11-12H,5-6H2,1H3/t9-/m1/s1. The molecule has 1 aliphatic rings. The van der Waals surface area contributed by atoms with E-state index in [0.717, 1.165) is 6.54 Å². The zero-order valence-electron chi connectivity index (χ0n) is 7.17. The molecule has 12 heavy (non-hydrogen) atoms. The van der Waals surface area contributed by atoms with Crippen molar-refractivity contribution in [3.63, 3.8) is 0 Å². The van der Waals surface area contributed by atoms with Crippen LogP contribution in [0.25, 0.3) is 0 Å². The van der Waals surface area contributed by atoms with Crippen molar-refractivity contribution in [3.8, 4) is 0 Å². The molecular formula is C10H13NO. The summed E-state index contributed by atoms with van der Waals surface area (Å²) in [6.07, 6.45) is 0. The highest BCUT2D eigenvalue weighted by atomic mass is 16.3. The Morgan fingerprint density at radius 2 is 2.42 bits per heavy atom. The molecule has 0 aromatic heterocycles. The molecule has 2 nitrogen and oxygen atoms in total. The first-order chi connectivity index (χ1) is 5.83. The van der Waals surface area contributed by atoms with Crippen LogP contribution in [0.1, 0.15) is 22.7 Å². The molecule has 0 amide bonds. The van der Waals surface area contributed by atoms with Crippen molar-refractivity contribution in [1.29, 1.82) is 0 Å². The first kappa shape index (κ1) is 7.77. The zero-order chi connectivity index (χ0) is 8.55. The van der Waals surface area contributed by atoms with Crippen molar-refractivity contribution < 1.29 is 5.11 Å². The normalized spacial score (nSPS) is 21.0. The maximum atomic E-state index is 9.07. The van der Waals surface area contributed by atoms with Crippen LogP contribution < -0.4 is 5.32 Å². The van der Waals surface area contributed by atoms with E-state index in [9.17, 15) is 0 Å². The summed E-state index contributed by atoms with van der Waals surface area (Å²) < 4.78 is 0. The summed E-state index contributed by atoms with van der Waals surface area (Å²) in [4.78, 5) is 0. The lowest BCUT2D eigenvalue weighted by molar-refractivity contribution is 0.251. The molecule has 0 saturated heterocycles. The van der Waals surface area contributed by atoms with Gasteiger partial charge in [-0.25, -0.2) is 0 Å². The van der Waals surface area contributed by atoms with Crippen LogP contribution >= 0.6 is 0 Å². The van der Waals surface area contributed by atoms with E-state index < -0.39 is 0 Å². The zero-order valence-corrected chi connectivity index (χ0v) is 7.17. The Hall–Kier alpha value is -0.860. The quantitative estimate of drug-likeness (QED) is 0.650. The van der Waals surface area contributed by atoms with E-state index in [1.165, 1.54) is 16.7 Å². The summed E-state index contributed by atoms with van der Waals surface area (Å²) in [5, 5.41) is 12.3. The number of aryl methyl sites for hydroxylation is 1. The molecule has 1 atom stereocenters. The fourth-order valence-electron chi connectivity index (χ4n) is 1.89. The Bertz CT molecular complexity index is 296.